The van der Waals surface area contributed by atoms with E-state index in [4.69, 9.17) is 11.6 Å². The van der Waals surface area contributed by atoms with E-state index in [9.17, 15) is 22.8 Å². The molecular weight excluding hydrogens is 489 g/mol. The number of carbonyl (C=O) groups excluding carboxylic acids is 2. The Labute approximate surface area is 212 Å². The van der Waals surface area contributed by atoms with Crippen LogP contribution in [0.1, 0.15) is 38.5 Å². The third-order valence-corrected chi connectivity index (χ3v) is 7.44. The molecule has 0 saturated carbocycles. The molecule has 0 radical (unpaired) electrons. The third-order valence-electron chi connectivity index (χ3n) is 7.11. The van der Waals surface area contributed by atoms with E-state index >= 15 is 0 Å². The number of nitrogens with zero attached hydrogens (tertiary/aromatic N) is 2. The smallest absolute Gasteiger partial charge is 0.338 e. The zero-order valence-electron chi connectivity index (χ0n) is 19.3. The van der Waals surface area contributed by atoms with E-state index in [0.717, 1.165) is 17.7 Å². The highest BCUT2D eigenvalue weighted by molar-refractivity contribution is 6.33. The normalized spacial score (nSPS) is 19.8. The molecule has 36 heavy (non-hydrogen) atoms. The van der Waals surface area contributed by atoms with Crippen LogP contribution in [-0.4, -0.2) is 41.2 Å². The summed E-state index contributed by atoms with van der Waals surface area (Å²) in [6.45, 7) is 1.22. The molecule has 2 heterocycles. The van der Waals surface area contributed by atoms with Crippen molar-refractivity contribution in [3.8, 4) is 0 Å². The molecule has 0 spiro atoms. The van der Waals surface area contributed by atoms with Gasteiger partial charge in [0.15, 0.2) is 0 Å². The highest BCUT2D eigenvalue weighted by Crippen LogP contribution is 2.38. The number of benzene rings is 3. The molecule has 0 bridgehead atoms. The molecule has 1 fully saturated rings. The van der Waals surface area contributed by atoms with Crippen LogP contribution in [0.4, 0.5) is 13.2 Å². The van der Waals surface area contributed by atoms with Gasteiger partial charge in [0, 0.05) is 32.1 Å². The van der Waals surface area contributed by atoms with Crippen LogP contribution in [0, 0.1) is 5.92 Å². The first-order chi connectivity index (χ1) is 17.2. The summed E-state index contributed by atoms with van der Waals surface area (Å²) in [7, 11) is 0. The van der Waals surface area contributed by atoms with Gasteiger partial charge in [0.1, 0.15) is 0 Å². The van der Waals surface area contributed by atoms with Crippen molar-refractivity contribution in [3.05, 3.63) is 106 Å². The van der Waals surface area contributed by atoms with Gasteiger partial charge in [-0.2, -0.15) is 13.2 Å². The van der Waals surface area contributed by atoms with Crippen LogP contribution in [0.5, 0.6) is 0 Å². The van der Waals surface area contributed by atoms with Gasteiger partial charge in [0.2, 0.25) is 5.91 Å². The van der Waals surface area contributed by atoms with Crippen LogP contribution >= 0.6 is 11.6 Å². The minimum absolute atomic E-state index is 0.113. The number of fused-ring (bicyclic) bond motifs is 1. The lowest BCUT2D eigenvalue weighted by Gasteiger charge is -2.32. The van der Waals surface area contributed by atoms with E-state index in [0.29, 0.717) is 35.7 Å². The second-order valence-corrected chi connectivity index (χ2v) is 9.71. The standard InChI is InChI=1S/C28H24ClF3N2O2/c29-25-11-4-3-10-22(25)26(35)34-16-23(19-8-5-9-21(14-19)28(30,31)32)24(17-34)27(36)33-13-12-18-6-1-2-7-20(18)15-33/h1-11,14,23-24H,12-13,15-17H2. The Morgan fingerprint density at radius 2 is 1.58 bits per heavy atom. The molecule has 186 valence electrons. The number of alkyl halides is 3. The van der Waals surface area contributed by atoms with E-state index in [1.807, 2.05) is 24.3 Å². The highest BCUT2D eigenvalue weighted by Gasteiger charge is 2.43. The molecule has 0 N–H and O–H groups in total. The number of carbonyl (C=O) groups is 2. The van der Waals surface area contributed by atoms with Gasteiger partial charge in [-0.25, -0.2) is 0 Å². The van der Waals surface area contributed by atoms with Crippen LogP contribution < -0.4 is 0 Å². The molecular formula is C28H24ClF3N2O2. The van der Waals surface area contributed by atoms with Gasteiger partial charge in [0.25, 0.3) is 5.91 Å². The molecule has 5 rings (SSSR count). The first-order valence-electron chi connectivity index (χ1n) is 11.8. The maximum Gasteiger partial charge on any atom is 0.416 e. The summed E-state index contributed by atoms with van der Waals surface area (Å²) in [6, 6.07) is 19.6. The van der Waals surface area contributed by atoms with Crippen molar-refractivity contribution in [2.24, 2.45) is 5.92 Å². The maximum absolute atomic E-state index is 13.8. The quantitative estimate of drug-likeness (QED) is 0.445. The summed E-state index contributed by atoms with van der Waals surface area (Å²) in [6.07, 6.45) is -3.79. The summed E-state index contributed by atoms with van der Waals surface area (Å²) < 4.78 is 40.4. The van der Waals surface area contributed by atoms with Gasteiger partial charge in [0.05, 0.1) is 22.1 Å². The van der Waals surface area contributed by atoms with Gasteiger partial charge in [-0.3, -0.25) is 9.59 Å². The van der Waals surface area contributed by atoms with E-state index in [2.05, 4.69) is 0 Å². The lowest BCUT2D eigenvalue weighted by atomic mass is 9.86. The molecule has 2 aliphatic heterocycles. The number of halogens is 4. The SMILES string of the molecule is O=C(c1ccccc1Cl)N1CC(C(=O)N2CCc3ccccc3C2)C(c2cccc(C(F)(F)F)c2)C1. The Balaban J connectivity index is 1.47. The van der Waals surface area contributed by atoms with Crippen LogP contribution in [0.25, 0.3) is 0 Å². The molecule has 3 aromatic rings. The Bertz CT molecular complexity index is 1310. The van der Waals surface area contributed by atoms with Crippen LogP contribution in [0.15, 0.2) is 72.8 Å². The number of amides is 2. The molecule has 8 heteroatoms. The van der Waals surface area contributed by atoms with Gasteiger partial charge in [-0.15, -0.1) is 0 Å². The Morgan fingerprint density at radius 3 is 2.33 bits per heavy atom. The second-order valence-electron chi connectivity index (χ2n) is 9.30. The second kappa shape index (κ2) is 9.62. The van der Waals surface area contributed by atoms with Crippen LogP contribution in [0.3, 0.4) is 0 Å². The zero-order chi connectivity index (χ0) is 25.4. The maximum atomic E-state index is 13.8. The van der Waals surface area contributed by atoms with Crippen LogP contribution in [-0.2, 0) is 23.9 Å². The van der Waals surface area contributed by atoms with Crippen molar-refractivity contribution >= 4 is 23.4 Å². The minimum atomic E-state index is -4.50. The third kappa shape index (κ3) is 4.72. The lowest BCUT2D eigenvalue weighted by molar-refractivity contribution is -0.137. The summed E-state index contributed by atoms with van der Waals surface area (Å²) in [4.78, 5) is 30.4. The van der Waals surface area contributed by atoms with Crippen molar-refractivity contribution in [2.75, 3.05) is 19.6 Å². The number of hydrogen-bond acceptors (Lipinski definition) is 2. The van der Waals surface area contributed by atoms with E-state index in [1.165, 1.54) is 16.5 Å². The first kappa shape index (κ1) is 24.4. The number of rotatable bonds is 3. The summed E-state index contributed by atoms with van der Waals surface area (Å²) in [5.74, 6) is -1.72. The summed E-state index contributed by atoms with van der Waals surface area (Å²) in [5, 5.41) is 0.292. The molecule has 1 saturated heterocycles. The fraction of sp³-hybridized carbons (Fsp3) is 0.286. The molecule has 2 unspecified atom stereocenters. The summed E-state index contributed by atoms with van der Waals surface area (Å²) >= 11 is 6.24. The van der Waals surface area contributed by atoms with Crippen molar-refractivity contribution in [1.29, 1.82) is 0 Å². The zero-order valence-corrected chi connectivity index (χ0v) is 20.1. The molecule has 4 nitrogen and oxygen atoms in total. The van der Waals surface area contributed by atoms with E-state index in [1.54, 1.807) is 35.2 Å². The van der Waals surface area contributed by atoms with Crippen molar-refractivity contribution < 1.29 is 22.8 Å². The highest BCUT2D eigenvalue weighted by atomic mass is 35.5. The molecule has 2 amide bonds. The van der Waals surface area contributed by atoms with E-state index in [-0.39, 0.29) is 24.9 Å². The van der Waals surface area contributed by atoms with Gasteiger partial charge >= 0.3 is 6.18 Å². The molecule has 2 aliphatic rings. The average molecular weight is 513 g/mol. The fourth-order valence-corrected chi connectivity index (χ4v) is 5.44. The topological polar surface area (TPSA) is 40.6 Å². The minimum Gasteiger partial charge on any atom is -0.338 e. The van der Waals surface area contributed by atoms with E-state index < -0.39 is 23.6 Å². The molecule has 2 atom stereocenters. The predicted molar refractivity (Wildman–Crippen MR) is 131 cm³/mol. The van der Waals surface area contributed by atoms with Gasteiger partial charge in [-0.1, -0.05) is 66.2 Å². The summed E-state index contributed by atoms with van der Waals surface area (Å²) in [5.41, 5.74) is 2.19. The molecule has 0 aliphatic carbocycles. The van der Waals surface area contributed by atoms with Crippen molar-refractivity contribution in [1.82, 2.24) is 9.80 Å². The van der Waals surface area contributed by atoms with Gasteiger partial charge < -0.3 is 9.80 Å². The Hall–Kier alpha value is -3.32. The average Bonchev–Trinajstić information content (AvgIpc) is 3.33. The fourth-order valence-electron chi connectivity index (χ4n) is 5.23. The Morgan fingerprint density at radius 1 is 0.861 bits per heavy atom. The number of likely N-dealkylation sites (tertiary alicyclic amines) is 1. The van der Waals surface area contributed by atoms with Crippen molar-refractivity contribution in [3.63, 3.8) is 0 Å². The molecule has 0 aromatic heterocycles. The number of hydrogen-bond donors (Lipinski definition) is 0. The van der Waals surface area contributed by atoms with Gasteiger partial charge in [-0.05, 0) is 41.3 Å². The lowest BCUT2D eigenvalue weighted by Crippen LogP contribution is -2.42. The first-order valence-corrected chi connectivity index (χ1v) is 12.2. The molecule has 3 aromatic carbocycles. The van der Waals surface area contributed by atoms with Crippen molar-refractivity contribution in [2.45, 2.75) is 25.1 Å². The predicted octanol–water partition coefficient (Wildman–Crippen LogP) is 5.80. The monoisotopic (exact) mass is 512 g/mol. The Kier molecular flexibility index (Phi) is 6.51. The van der Waals surface area contributed by atoms with Crippen LogP contribution in [0.2, 0.25) is 5.02 Å². The largest absolute Gasteiger partial charge is 0.416 e.